The van der Waals surface area contributed by atoms with Gasteiger partial charge in [-0.1, -0.05) is 12.1 Å². The van der Waals surface area contributed by atoms with Gasteiger partial charge in [-0.05, 0) is 75.9 Å². The predicted molar refractivity (Wildman–Crippen MR) is 154 cm³/mol. The molecule has 0 aliphatic carbocycles. The third-order valence-corrected chi connectivity index (χ3v) is 9.15. The second-order valence-electron chi connectivity index (χ2n) is 11.5. The van der Waals surface area contributed by atoms with Crippen LogP contribution in [0.15, 0.2) is 47.5 Å². The molecule has 2 atom stereocenters. The fourth-order valence-corrected chi connectivity index (χ4v) is 7.27. The van der Waals surface area contributed by atoms with Crippen molar-refractivity contribution >= 4 is 33.0 Å². The zero-order chi connectivity index (χ0) is 32.6. The van der Waals surface area contributed by atoms with Crippen LogP contribution in [0, 0.1) is 6.92 Å². The standard InChI is InChI=1S/C30H35F3N2O8S/c1-18-15-24(40-5)26(22-12-13-34(25(18)22)28(37)43-29(2,3)4)44(38,39)35-14-11-21(42-17-30(31,32)33)16-23(35)19-7-9-20(10-8-19)27(36)41-6/h7-10,12-13,15,21,23H,11,14,16-17H2,1-6H3/t21-,23-/m0/s1. The van der Waals surface area contributed by atoms with Gasteiger partial charge in [0.05, 0.1) is 37.4 Å². The number of carbonyl (C=O) groups excluding carboxylic acids is 2. The number of aryl methyl sites for hydroxylation is 1. The van der Waals surface area contributed by atoms with Crippen LogP contribution >= 0.6 is 0 Å². The molecule has 14 heteroatoms. The number of hydrogen-bond donors (Lipinski definition) is 0. The summed E-state index contributed by atoms with van der Waals surface area (Å²) in [7, 11) is -1.87. The molecule has 1 aromatic heterocycles. The van der Waals surface area contributed by atoms with E-state index in [4.69, 9.17) is 18.9 Å². The lowest BCUT2D eigenvalue weighted by Gasteiger charge is -2.39. The number of methoxy groups -OCH3 is 2. The minimum absolute atomic E-state index is 0.00228. The van der Waals surface area contributed by atoms with Gasteiger partial charge in [0.25, 0.3) is 0 Å². The highest BCUT2D eigenvalue weighted by Crippen LogP contribution is 2.43. The average Bonchev–Trinajstić information content (AvgIpc) is 3.40. The monoisotopic (exact) mass is 640 g/mol. The van der Waals surface area contributed by atoms with E-state index in [0.717, 1.165) is 0 Å². The molecule has 2 heterocycles. The van der Waals surface area contributed by atoms with Gasteiger partial charge < -0.3 is 18.9 Å². The summed E-state index contributed by atoms with van der Waals surface area (Å²) >= 11 is 0. The van der Waals surface area contributed by atoms with Crippen LogP contribution in [-0.4, -0.2) is 74.6 Å². The molecule has 1 saturated heterocycles. The average molecular weight is 641 g/mol. The van der Waals surface area contributed by atoms with Gasteiger partial charge in [0.1, 0.15) is 22.9 Å². The van der Waals surface area contributed by atoms with E-state index in [1.54, 1.807) is 27.7 Å². The van der Waals surface area contributed by atoms with Crippen molar-refractivity contribution in [1.29, 1.82) is 0 Å². The zero-order valence-electron chi connectivity index (χ0n) is 25.2. The van der Waals surface area contributed by atoms with Crippen LogP contribution in [0.25, 0.3) is 10.9 Å². The Morgan fingerprint density at radius 2 is 1.70 bits per heavy atom. The Kier molecular flexibility index (Phi) is 9.38. The number of benzene rings is 2. The van der Waals surface area contributed by atoms with E-state index in [-0.39, 0.29) is 41.0 Å². The quantitative estimate of drug-likeness (QED) is 0.289. The molecule has 44 heavy (non-hydrogen) atoms. The van der Waals surface area contributed by atoms with Crippen LogP contribution in [0.2, 0.25) is 0 Å². The molecule has 1 aliphatic heterocycles. The number of esters is 1. The summed E-state index contributed by atoms with van der Waals surface area (Å²) in [4.78, 5) is 24.8. The van der Waals surface area contributed by atoms with Crippen molar-refractivity contribution in [2.75, 3.05) is 27.4 Å². The van der Waals surface area contributed by atoms with Crippen LogP contribution in [0.1, 0.15) is 61.1 Å². The minimum Gasteiger partial charge on any atom is -0.495 e. The van der Waals surface area contributed by atoms with E-state index in [1.807, 2.05) is 0 Å². The highest BCUT2D eigenvalue weighted by atomic mass is 32.2. The van der Waals surface area contributed by atoms with E-state index in [2.05, 4.69) is 0 Å². The van der Waals surface area contributed by atoms with Crippen molar-refractivity contribution in [3.63, 3.8) is 0 Å². The van der Waals surface area contributed by atoms with Crippen molar-refractivity contribution in [1.82, 2.24) is 8.87 Å². The Hall–Kier alpha value is -3.62. The van der Waals surface area contributed by atoms with Crippen molar-refractivity contribution in [2.45, 2.75) is 69.4 Å². The number of aromatic nitrogens is 1. The number of hydrogen-bond acceptors (Lipinski definition) is 8. The number of rotatable bonds is 7. The van der Waals surface area contributed by atoms with Gasteiger partial charge in [-0.25, -0.2) is 18.0 Å². The van der Waals surface area contributed by atoms with Crippen molar-refractivity contribution in [3.8, 4) is 5.75 Å². The molecule has 1 fully saturated rings. The summed E-state index contributed by atoms with van der Waals surface area (Å²) in [5.74, 6) is -0.565. The first-order chi connectivity index (χ1) is 20.5. The highest BCUT2D eigenvalue weighted by molar-refractivity contribution is 7.89. The Bertz CT molecular complexity index is 1640. The van der Waals surface area contributed by atoms with Gasteiger partial charge in [-0.2, -0.15) is 17.5 Å². The molecule has 0 saturated carbocycles. The van der Waals surface area contributed by atoms with Crippen LogP contribution in [-0.2, 0) is 24.2 Å². The smallest absolute Gasteiger partial charge is 0.419 e. The van der Waals surface area contributed by atoms with Crippen molar-refractivity contribution < 1.29 is 50.1 Å². The number of nitrogens with zero attached hydrogens (tertiary/aromatic N) is 2. The largest absolute Gasteiger partial charge is 0.495 e. The van der Waals surface area contributed by atoms with Gasteiger partial charge in [0.2, 0.25) is 10.0 Å². The zero-order valence-corrected chi connectivity index (χ0v) is 26.0. The number of piperidine rings is 1. The SMILES string of the molecule is COC(=O)c1ccc([C@@H]2C[C@@H](OCC(F)(F)F)CCN2S(=O)(=O)c2c(OC)cc(C)c3c2ccn3C(=O)OC(C)(C)C)cc1. The molecule has 4 rings (SSSR count). The van der Waals surface area contributed by atoms with Crippen molar-refractivity contribution in [2.24, 2.45) is 0 Å². The van der Waals surface area contributed by atoms with E-state index >= 15 is 0 Å². The first kappa shape index (κ1) is 33.3. The molecule has 3 aromatic rings. The molecule has 2 aromatic carbocycles. The second kappa shape index (κ2) is 12.4. The first-order valence-corrected chi connectivity index (χ1v) is 15.2. The minimum atomic E-state index is -4.55. The molecule has 240 valence electrons. The molecular weight excluding hydrogens is 605 g/mol. The first-order valence-electron chi connectivity index (χ1n) is 13.8. The molecular formula is C30H35F3N2O8S. The number of halogens is 3. The lowest BCUT2D eigenvalue weighted by molar-refractivity contribution is -0.189. The van der Waals surface area contributed by atoms with Gasteiger partial charge >= 0.3 is 18.2 Å². The van der Waals surface area contributed by atoms with Crippen LogP contribution in [0.4, 0.5) is 18.0 Å². The van der Waals surface area contributed by atoms with E-state index in [1.165, 1.54) is 65.7 Å². The highest BCUT2D eigenvalue weighted by Gasteiger charge is 2.42. The fourth-order valence-electron chi connectivity index (χ4n) is 5.30. The molecule has 0 N–H and O–H groups in total. The maximum Gasteiger partial charge on any atom is 0.419 e. The summed E-state index contributed by atoms with van der Waals surface area (Å²) in [6, 6.07) is 8.03. The topological polar surface area (TPSA) is 113 Å². The summed E-state index contributed by atoms with van der Waals surface area (Å²) in [6.45, 7) is 5.20. The predicted octanol–water partition coefficient (Wildman–Crippen LogP) is 6.00. The Balaban J connectivity index is 1.83. The number of ether oxygens (including phenoxy) is 4. The molecule has 0 amide bonds. The number of fused-ring (bicyclic) bond motifs is 1. The van der Waals surface area contributed by atoms with Gasteiger partial charge in [0.15, 0.2) is 0 Å². The normalized spacial score (nSPS) is 18.3. The van der Waals surface area contributed by atoms with Gasteiger partial charge in [-0.3, -0.25) is 4.57 Å². The second-order valence-corrected chi connectivity index (χ2v) is 13.3. The number of alkyl halides is 3. The van der Waals surface area contributed by atoms with E-state index in [0.29, 0.717) is 16.6 Å². The van der Waals surface area contributed by atoms with Gasteiger partial charge in [0, 0.05) is 18.1 Å². The molecule has 0 radical (unpaired) electrons. The van der Waals surface area contributed by atoms with Crippen LogP contribution in [0.3, 0.4) is 0 Å². The molecule has 0 bridgehead atoms. The van der Waals surface area contributed by atoms with E-state index < -0.39 is 52.6 Å². The molecule has 0 spiro atoms. The molecule has 1 aliphatic rings. The Morgan fingerprint density at radius 1 is 1.05 bits per heavy atom. The Morgan fingerprint density at radius 3 is 2.27 bits per heavy atom. The summed E-state index contributed by atoms with van der Waals surface area (Å²) in [5, 5.41) is 0.211. The molecule has 0 unspecified atom stereocenters. The maximum atomic E-state index is 14.6. The summed E-state index contributed by atoms with van der Waals surface area (Å²) in [6.07, 6.45) is -4.80. The number of sulfonamides is 1. The fraction of sp³-hybridized carbons (Fsp3) is 0.467. The maximum absolute atomic E-state index is 14.6. The molecule has 10 nitrogen and oxygen atoms in total. The lowest BCUT2D eigenvalue weighted by Crippen LogP contribution is -2.44. The lowest BCUT2D eigenvalue weighted by atomic mass is 9.94. The number of carbonyl (C=O) groups is 2. The third kappa shape index (κ3) is 7.02. The van der Waals surface area contributed by atoms with E-state index in [9.17, 15) is 31.2 Å². The Labute approximate surface area is 253 Å². The van der Waals surface area contributed by atoms with Crippen LogP contribution in [0.5, 0.6) is 5.75 Å². The summed E-state index contributed by atoms with van der Waals surface area (Å²) < 4.78 is 91.3. The van der Waals surface area contributed by atoms with Crippen molar-refractivity contribution in [3.05, 3.63) is 59.3 Å². The third-order valence-electron chi connectivity index (χ3n) is 7.16. The summed E-state index contributed by atoms with van der Waals surface area (Å²) in [5.41, 5.74) is 0.715. The van der Waals surface area contributed by atoms with Gasteiger partial charge in [-0.15, -0.1) is 0 Å². The van der Waals surface area contributed by atoms with Crippen LogP contribution < -0.4 is 4.74 Å².